The zero-order valence-corrected chi connectivity index (χ0v) is 9.80. The molecule has 6 heteroatoms. The molecule has 17 heavy (non-hydrogen) atoms. The molecule has 0 spiro atoms. The molecule has 1 unspecified atom stereocenters. The van der Waals surface area contributed by atoms with Crippen molar-refractivity contribution < 1.29 is 9.47 Å². The molecule has 90 valence electrons. The van der Waals surface area contributed by atoms with Gasteiger partial charge >= 0.3 is 0 Å². The topological polar surface area (TPSA) is 80.1 Å². The van der Waals surface area contributed by atoms with Crippen LogP contribution in [0.1, 0.15) is 19.5 Å². The molecule has 0 radical (unpaired) electrons. The predicted octanol–water partition coefficient (Wildman–Crippen LogP) is 0.912. The molecule has 0 saturated carbocycles. The van der Waals surface area contributed by atoms with E-state index in [-0.39, 0.29) is 6.10 Å². The van der Waals surface area contributed by atoms with E-state index >= 15 is 0 Å². The molecular weight excluding hydrogens is 220 g/mol. The van der Waals surface area contributed by atoms with E-state index in [0.717, 1.165) is 0 Å². The first-order valence-electron chi connectivity index (χ1n) is 5.37. The first-order valence-corrected chi connectivity index (χ1v) is 5.37. The predicted molar refractivity (Wildman–Crippen MR) is 60.1 cm³/mol. The molecule has 6 nitrogen and oxygen atoms in total. The van der Waals surface area contributed by atoms with E-state index in [4.69, 9.17) is 14.7 Å². The van der Waals surface area contributed by atoms with E-state index in [1.54, 1.807) is 0 Å². The fourth-order valence-electron chi connectivity index (χ4n) is 1.56. The van der Waals surface area contributed by atoms with Crippen molar-refractivity contribution in [2.24, 2.45) is 0 Å². The van der Waals surface area contributed by atoms with Crippen molar-refractivity contribution >= 4 is 5.82 Å². The van der Waals surface area contributed by atoms with Crippen molar-refractivity contribution in [2.45, 2.75) is 25.7 Å². The highest BCUT2D eigenvalue weighted by Gasteiger charge is 2.32. The fraction of sp³-hybridized carbons (Fsp3) is 0.545. The Morgan fingerprint density at radius 2 is 2.35 bits per heavy atom. The second kappa shape index (κ2) is 4.65. The molecule has 1 saturated heterocycles. The lowest BCUT2D eigenvalue weighted by Gasteiger charge is -2.17. The summed E-state index contributed by atoms with van der Waals surface area (Å²) in [6, 6.07) is 1.92. The van der Waals surface area contributed by atoms with Crippen LogP contribution in [-0.2, 0) is 9.47 Å². The highest BCUT2D eigenvalue weighted by molar-refractivity contribution is 5.33. The summed E-state index contributed by atoms with van der Waals surface area (Å²) in [5.41, 5.74) is 0.303. The van der Waals surface area contributed by atoms with E-state index in [1.165, 1.54) is 12.4 Å². The Labute approximate surface area is 99.6 Å². The van der Waals surface area contributed by atoms with E-state index in [9.17, 15) is 0 Å². The van der Waals surface area contributed by atoms with Crippen LogP contribution in [0.15, 0.2) is 12.4 Å². The van der Waals surface area contributed by atoms with Gasteiger partial charge < -0.3 is 14.8 Å². The van der Waals surface area contributed by atoms with Crippen LogP contribution in [0, 0.1) is 11.3 Å². The van der Waals surface area contributed by atoms with Crippen LogP contribution in [0.5, 0.6) is 0 Å². The molecule has 0 bridgehead atoms. The number of ether oxygens (including phenoxy) is 2. The number of hydrogen-bond donors (Lipinski definition) is 1. The summed E-state index contributed by atoms with van der Waals surface area (Å²) in [6.07, 6.45) is 2.96. The van der Waals surface area contributed by atoms with Gasteiger partial charge in [-0.1, -0.05) is 0 Å². The number of anilines is 1. The van der Waals surface area contributed by atoms with Gasteiger partial charge in [0, 0.05) is 6.54 Å². The third-order valence-electron chi connectivity index (χ3n) is 2.34. The van der Waals surface area contributed by atoms with Crippen molar-refractivity contribution in [3.63, 3.8) is 0 Å². The SMILES string of the molecule is CC1(C)OCC(CNc2cnc(C#N)cn2)O1. The molecule has 1 atom stereocenters. The fourth-order valence-corrected chi connectivity index (χ4v) is 1.56. The smallest absolute Gasteiger partial charge is 0.163 e. The molecule has 1 aromatic heterocycles. The average molecular weight is 234 g/mol. The first kappa shape index (κ1) is 11.8. The van der Waals surface area contributed by atoms with Crippen molar-refractivity contribution in [3.05, 3.63) is 18.1 Å². The highest BCUT2D eigenvalue weighted by atomic mass is 16.7. The lowest BCUT2D eigenvalue weighted by atomic mass is 10.3. The summed E-state index contributed by atoms with van der Waals surface area (Å²) >= 11 is 0. The minimum atomic E-state index is -0.511. The van der Waals surface area contributed by atoms with Crippen LogP contribution < -0.4 is 5.32 Å². The number of nitrogens with one attached hydrogen (secondary N) is 1. The standard InChI is InChI=1S/C11H14N4O2/c1-11(2)16-7-9(17-11)5-15-10-6-13-8(3-12)4-14-10/h4,6,9H,5,7H2,1-2H3,(H,14,15). The van der Waals surface area contributed by atoms with Gasteiger partial charge in [0.2, 0.25) is 0 Å². The third kappa shape index (κ3) is 3.12. The van der Waals surface area contributed by atoms with Crippen LogP contribution in [0.3, 0.4) is 0 Å². The number of nitrogens with zero attached hydrogens (tertiary/aromatic N) is 3. The van der Waals surface area contributed by atoms with Gasteiger partial charge in [0.25, 0.3) is 0 Å². The Morgan fingerprint density at radius 3 is 2.88 bits per heavy atom. The van der Waals surface area contributed by atoms with Gasteiger partial charge in [0.1, 0.15) is 18.0 Å². The Balaban J connectivity index is 1.84. The molecule has 0 aliphatic carbocycles. The van der Waals surface area contributed by atoms with Crippen LogP contribution in [0.25, 0.3) is 0 Å². The molecule has 1 aliphatic rings. The number of aromatic nitrogens is 2. The van der Waals surface area contributed by atoms with Gasteiger partial charge in [-0.15, -0.1) is 0 Å². The summed E-state index contributed by atoms with van der Waals surface area (Å²) in [5.74, 6) is 0.111. The Morgan fingerprint density at radius 1 is 1.53 bits per heavy atom. The summed E-state index contributed by atoms with van der Waals surface area (Å²) in [6.45, 7) is 4.93. The van der Waals surface area contributed by atoms with Crippen LogP contribution >= 0.6 is 0 Å². The summed E-state index contributed by atoms with van der Waals surface area (Å²) in [5, 5.41) is 11.7. The average Bonchev–Trinajstić information content (AvgIpc) is 2.67. The lowest BCUT2D eigenvalue weighted by Crippen LogP contribution is -2.26. The maximum Gasteiger partial charge on any atom is 0.163 e. The van der Waals surface area contributed by atoms with Gasteiger partial charge in [0.05, 0.1) is 19.0 Å². The van der Waals surface area contributed by atoms with Gasteiger partial charge in [-0.3, -0.25) is 0 Å². The Hall–Kier alpha value is -1.71. The molecule has 1 aliphatic heterocycles. The molecule has 2 heterocycles. The molecule has 0 aromatic carbocycles. The van der Waals surface area contributed by atoms with E-state index in [1.807, 2.05) is 19.9 Å². The largest absolute Gasteiger partial charge is 0.366 e. The van der Waals surface area contributed by atoms with Gasteiger partial charge in [-0.05, 0) is 13.8 Å². The van der Waals surface area contributed by atoms with Crippen molar-refractivity contribution in [3.8, 4) is 6.07 Å². The summed E-state index contributed by atoms with van der Waals surface area (Å²) in [4.78, 5) is 7.97. The molecular formula is C11H14N4O2. The first-order chi connectivity index (χ1) is 8.09. The zero-order chi connectivity index (χ0) is 12.3. The van der Waals surface area contributed by atoms with Crippen LogP contribution in [0.2, 0.25) is 0 Å². The van der Waals surface area contributed by atoms with Crippen molar-refractivity contribution in [1.82, 2.24) is 9.97 Å². The molecule has 2 rings (SSSR count). The number of rotatable bonds is 3. The van der Waals surface area contributed by atoms with Crippen LogP contribution in [-0.4, -0.2) is 35.0 Å². The normalized spacial score (nSPS) is 22.1. The zero-order valence-electron chi connectivity index (χ0n) is 9.80. The molecule has 1 fully saturated rings. The minimum absolute atomic E-state index is 0.00226. The second-order valence-corrected chi connectivity index (χ2v) is 4.23. The lowest BCUT2D eigenvalue weighted by molar-refractivity contribution is -0.136. The quantitative estimate of drug-likeness (QED) is 0.837. The van der Waals surface area contributed by atoms with Crippen LogP contribution in [0.4, 0.5) is 5.82 Å². The van der Waals surface area contributed by atoms with Crippen molar-refractivity contribution in [1.29, 1.82) is 5.26 Å². The Bertz CT molecular complexity index is 424. The van der Waals surface area contributed by atoms with E-state index < -0.39 is 5.79 Å². The number of hydrogen-bond acceptors (Lipinski definition) is 6. The second-order valence-electron chi connectivity index (χ2n) is 4.23. The van der Waals surface area contributed by atoms with Gasteiger partial charge in [0.15, 0.2) is 11.5 Å². The minimum Gasteiger partial charge on any atom is -0.366 e. The molecule has 1 N–H and O–H groups in total. The monoisotopic (exact) mass is 234 g/mol. The molecule has 0 amide bonds. The summed E-state index contributed by atoms with van der Waals surface area (Å²) in [7, 11) is 0. The molecule has 1 aromatic rings. The maximum absolute atomic E-state index is 8.58. The van der Waals surface area contributed by atoms with E-state index in [0.29, 0.717) is 24.7 Å². The van der Waals surface area contributed by atoms with Gasteiger partial charge in [-0.2, -0.15) is 5.26 Å². The summed E-state index contributed by atoms with van der Waals surface area (Å²) < 4.78 is 11.1. The van der Waals surface area contributed by atoms with E-state index in [2.05, 4.69) is 15.3 Å². The number of nitriles is 1. The highest BCUT2D eigenvalue weighted by Crippen LogP contribution is 2.22. The van der Waals surface area contributed by atoms with Crippen molar-refractivity contribution in [2.75, 3.05) is 18.5 Å². The Kier molecular flexibility index (Phi) is 3.22. The maximum atomic E-state index is 8.58. The third-order valence-corrected chi connectivity index (χ3v) is 2.34. The van der Waals surface area contributed by atoms with Gasteiger partial charge in [-0.25, -0.2) is 9.97 Å².